The molecule has 2 rings (SSSR count). The van der Waals surface area contributed by atoms with Crippen molar-refractivity contribution in [3.63, 3.8) is 0 Å². The van der Waals surface area contributed by atoms with Crippen LogP contribution in [0.3, 0.4) is 0 Å². The van der Waals surface area contributed by atoms with Crippen molar-refractivity contribution >= 4 is 11.6 Å². The maximum atomic E-state index is 6.34. The minimum atomic E-state index is 0.362. The number of hydrogen-bond donors (Lipinski definition) is 1. The Bertz CT molecular complexity index is 354. The standard InChI is InChI=1S/C14H21ClN2/c1-11-5-4-8-17-14(11)10-16-9-12-6-2-3-7-13(12)15/h4-5,8,12-13,16H,2-3,6-7,9-10H2,1H3. The summed E-state index contributed by atoms with van der Waals surface area (Å²) in [6.45, 7) is 3.98. The van der Waals surface area contributed by atoms with Gasteiger partial charge in [-0.2, -0.15) is 0 Å². The van der Waals surface area contributed by atoms with Crippen molar-refractivity contribution < 1.29 is 0 Å². The fourth-order valence-electron chi connectivity index (χ4n) is 2.47. The second kappa shape index (κ2) is 6.36. The number of aromatic nitrogens is 1. The van der Waals surface area contributed by atoms with Gasteiger partial charge in [0.15, 0.2) is 0 Å². The summed E-state index contributed by atoms with van der Waals surface area (Å²) in [6.07, 6.45) is 6.93. The molecule has 17 heavy (non-hydrogen) atoms. The average molecular weight is 253 g/mol. The third kappa shape index (κ3) is 3.68. The van der Waals surface area contributed by atoms with Crippen LogP contribution in [0.5, 0.6) is 0 Å². The molecule has 0 aromatic carbocycles. The lowest BCUT2D eigenvalue weighted by molar-refractivity contribution is 0.348. The van der Waals surface area contributed by atoms with Gasteiger partial charge in [0.2, 0.25) is 0 Å². The molecule has 2 unspecified atom stereocenters. The van der Waals surface area contributed by atoms with E-state index >= 15 is 0 Å². The van der Waals surface area contributed by atoms with Gasteiger partial charge in [-0.05, 0) is 43.9 Å². The Kier molecular flexibility index (Phi) is 4.81. The van der Waals surface area contributed by atoms with Crippen LogP contribution in [0, 0.1) is 12.8 Å². The molecule has 1 aromatic rings. The van der Waals surface area contributed by atoms with Gasteiger partial charge in [0, 0.05) is 18.1 Å². The fourth-order valence-corrected chi connectivity index (χ4v) is 2.84. The van der Waals surface area contributed by atoms with Crippen LogP contribution in [0.1, 0.15) is 36.9 Å². The molecule has 1 aliphatic rings. The fraction of sp³-hybridized carbons (Fsp3) is 0.643. The lowest BCUT2D eigenvalue weighted by atomic mass is 9.89. The predicted octanol–water partition coefficient (Wildman–Crippen LogP) is 3.28. The van der Waals surface area contributed by atoms with E-state index in [1.807, 2.05) is 12.3 Å². The summed E-state index contributed by atoms with van der Waals surface area (Å²) in [4.78, 5) is 4.38. The molecule has 0 spiro atoms. The van der Waals surface area contributed by atoms with Crippen LogP contribution in [0.2, 0.25) is 0 Å². The van der Waals surface area contributed by atoms with Crippen molar-refractivity contribution in [3.8, 4) is 0 Å². The van der Waals surface area contributed by atoms with E-state index in [9.17, 15) is 0 Å². The Balaban J connectivity index is 1.77. The van der Waals surface area contributed by atoms with Crippen molar-refractivity contribution in [2.24, 2.45) is 5.92 Å². The molecule has 1 fully saturated rings. The van der Waals surface area contributed by atoms with E-state index in [4.69, 9.17) is 11.6 Å². The van der Waals surface area contributed by atoms with Crippen molar-refractivity contribution in [2.45, 2.75) is 44.5 Å². The van der Waals surface area contributed by atoms with E-state index in [1.54, 1.807) is 0 Å². The first-order chi connectivity index (χ1) is 8.27. The largest absolute Gasteiger partial charge is 0.311 e. The molecule has 1 aliphatic carbocycles. The van der Waals surface area contributed by atoms with Gasteiger partial charge in [-0.3, -0.25) is 4.98 Å². The first-order valence-electron chi connectivity index (χ1n) is 6.52. The van der Waals surface area contributed by atoms with Gasteiger partial charge in [-0.15, -0.1) is 11.6 Å². The third-order valence-electron chi connectivity index (χ3n) is 3.63. The quantitative estimate of drug-likeness (QED) is 0.832. The highest BCUT2D eigenvalue weighted by Gasteiger charge is 2.22. The highest BCUT2D eigenvalue weighted by molar-refractivity contribution is 6.20. The van der Waals surface area contributed by atoms with E-state index in [-0.39, 0.29) is 0 Å². The molecule has 0 radical (unpaired) electrons. The highest BCUT2D eigenvalue weighted by Crippen LogP contribution is 2.28. The summed E-state index contributed by atoms with van der Waals surface area (Å²) in [7, 11) is 0. The molecule has 2 atom stereocenters. The van der Waals surface area contributed by atoms with Crippen molar-refractivity contribution in [3.05, 3.63) is 29.6 Å². The summed E-state index contributed by atoms with van der Waals surface area (Å²) in [5, 5.41) is 3.86. The van der Waals surface area contributed by atoms with Crippen LogP contribution in [-0.2, 0) is 6.54 Å². The Hall–Kier alpha value is -0.600. The lowest BCUT2D eigenvalue weighted by Gasteiger charge is -2.27. The zero-order valence-electron chi connectivity index (χ0n) is 10.5. The Morgan fingerprint density at radius 2 is 2.24 bits per heavy atom. The van der Waals surface area contributed by atoms with Gasteiger partial charge in [0.1, 0.15) is 0 Å². The molecule has 1 N–H and O–H groups in total. The molecular formula is C14H21ClN2. The SMILES string of the molecule is Cc1cccnc1CNCC1CCCCC1Cl. The van der Waals surface area contributed by atoms with E-state index in [0.717, 1.165) is 18.8 Å². The Morgan fingerprint density at radius 3 is 3.00 bits per heavy atom. The maximum Gasteiger partial charge on any atom is 0.0570 e. The summed E-state index contributed by atoms with van der Waals surface area (Å²) in [6, 6.07) is 4.09. The molecule has 1 saturated carbocycles. The number of alkyl halides is 1. The molecule has 94 valence electrons. The number of nitrogens with zero attached hydrogens (tertiary/aromatic N) is 1. The molecule has 0 aliphatic heterocycles. The molecule has 0 amide bonds. The van der Waals surface area contributed by atoms with Crippen LogP contribution < -0.4 is 5.32 Å². The second-order valence-corrected chi connectivity index (χ2v) is 5.52. The summed E-state index contributed by atoms with van der Waals surface area (Å²) >= 11 is 6.34. The number of hydrogen-bond acceptors (Lipinski definition) is 2. The van der Waals surface area contributed by atoms with Crippen molar-refractivity contribution in [2.75, 3.05) is 6.54 Å². The maximum absolute atomic E-state index is 6.34. The van der Waals surface area contributed by atoms with Gasteiger partial charge < -0.3 is 5.32 Å². The van der Waals surface area contributed by atoms with E-state index in [0.29, 0.717) is 11.3 Å². The smallest absolute Gasteiger partial charge is 0.0570 e. The second-order valence-electron chi connectivity index (χ2n) is 4.96. The number of halogens is 1. The summed E-state index contributed by atoms with van der Waals surface area (Å²) in [5.41, 5.74) is 2.40. The molecule has 2 nitrogen and oxygen atoms in total. The lowest BCUT2D eigenvalue weighted by Crippen LogP contribution is -2.31. The van der Waals surface area contributed by atoms with Gasteiger partial charge in [0.25, 0.3) is 0 Å². The normalized spacial score (nSPS) is 24.8. The molecular weight excluding hydrogens is 232 g/mol. The highest BCUT2D eigenvalue weighted by atomic mass is 35.5. The minimum Gasteiger partial charge on any atom is -0.311 e. The number of pyridine rings is 1. The Labute approximate surface area is 109 Å². The molecule has 3 heteroatoms. The summed E-state index contributed by atoms with van der Waals surface area (Å²) < 4.78 is 0. The number of aryl methyl sites for hydroxylation is 1. The molecule has 0 saturated heterocycles. The van der Waals surface area contributed by atoms with E-state index in [2.05, 4.69) is 23.3 Å². The molecule has 1 heterocycles. The van der Waals surface area contributed by atoms with Gasteiger partial charge >= 0.3 is 0 Å². The predicted molar refractivity (Wildman–Crippen MR) is 72.3 cm³/mol. The zero-order valence-corrected chi connectivity index (χ0v) is 11.2. The van der Waals surface area contributed by atoms with E-state index in [1.165, 1.54) is 31.2 Å². The van der Waals surface area contributed by atoms with Crippen LogP contribution >= 0.6 is 11.6 Å². The molecule has 0 bridgehead atoms. The van der Waals surface area contributed by atoms with Gasteiger partial charge in [-0.1, -0.05) is 18.9 Å². The number of rotatable bonds is 4. The van der Waals surface area contributed by atoms with E-state index < -0.39 is 0 Å². The van der Waals surface area contributed by atoms with Crippen molar-refractivity contribution in [1.29, 1.82) is 0 Å². The topological polar surface area (TPSA) is 24.9 Å². The Morgan fingerprint density at radius 1 is 1.41 bits per heavy atom. The van der Waals surface area contributed by atoms with Crippen LogP contribution in [0.15, 0.2) is 18.3 Å². The first-order valence-corrected chi connectivity index (χ1v) is 6.96. The monoisotopic (exact) mass is 252 g/mol. The van der Waals surface area contributed by atoms with Gasteiger partial charge in [0.05, 0.1) is 5.69 Å². The van der Waals surface area contributed by atoms with Crippen LogP contribution in [-0.4, -0.2) is 16.9 Å². The van der Waals surface area contributed by atoms with Crippen LogP contribution in [0.4, 0.5) is 0 Å². The molecule has 1 aromatic heterocycles. The van der Waals surface area contributed by atoms with Crippen LogP contribution in [0.25, 0.3) is 0 Å². The average Bonchev–Trinajstić information content (AvgIpc) is 2.34. The van der Waals surface area contributed by atoms with Crippen molar-refractivity contribution in [1.82, 2.24) is 10.3 Å². The zero-order chi connectivity index (χ0) is 12.1. The first kappa shape index (κ1) is 12.8. The van der Waals surface area contributed by atoms with Gasteiger partial charge in [-0.25, -0.2) is 0 Å². The third-order valence-corrected chi connectivity index (χ3v) is 4.21. The minimum absolute atomic E-state index is 0.362. The summed E-state index contributed by atoms with van der Waals surface area (Å²) in [5.74, 6) is 0.634. The number of nitrogens with one attached hydrogen (secondary N) is 1.